The number of aryl methyl sites for hydroxylation is 1. The van der Waals surface area contributed by atoms with Crippen LogP contribution in [0.5, 0.6) is 0 Å². The predicted molar refractivity (Wildman–Crippen MR) is 86.0 cm³/mol. The maximum absolute atomic E-state index is 5.57. The fourth-order valence-corrected chi connectivity index (χ4v) is 3.10. The molecule has 0 radical (unpaired) electrons. The van der Waals surface area contributed by atoms with Crippen LogP contribution in [0.2, 0.25) is 0 Å². The van der Waals surface area contributed by atoms with Gasteiger partial charge < -0.3 is 9.30 Å². The van der Waals surface area contributed by atoms with Crippen molar-refractivity contribution < 1.29 is 4.74 Å². The topological polar surface area (TPSA) is 39.9 Å². The van der Waals surface area contributed by atoms with E-state index in [1.54, 1.807) is 0 Å². The Morgan fingerprint density at radius 3 is 2.86 bits per heavy atom. The van der Waals surface area contributed by atoms with E-state index >= 15 is 0 Å². The Balaban J connectivity index is 1.78. The zero-order valence-corrected chi connectivity index (χ0v) is 12.7. The van der Waals surface area contributed by atoms with E-state index in [2.05, 4.69) is 40.7 Å². The number of hydrogen-bond acceptors (Lipinski definition) is 3. The van der Waals surface area contributed by atoms with Crippen LogP contribution in [0.15, 0.2) is 42.6 Å². The molecule has 1 aliphatic heterocycles. The van der Waals surface area contributed by atoms with E-state index < -0.39 is 0 Å². The number of pyridine rings is 1. The molecule has 0 spiro atoms. The maximum Gasteiger partial charge on any atom is 0.160 e. The largest absolute Gasteiger partial charge is 0.379 e. The molecule has 1 saturated heterocycles. The van der Waals surface area contributed by atoms with Crippen molar-refractivity contribution in [1.29, 1.82) is 0 Å². The van der Waals surface area contributed by atoms with Gasteiger partial charge in [0.05, 0.1) is 12.6 Å². The van der Waals surface area contributed by atoms with Gasteiger partial charge in [0.1, 0.15) is 11.3 Å². The number of hydrogen-bond donors (Lipinski definition) is 0. The molecular weight excluding hydrogens is 274 g/mol. The Labute approximate surface area is 129 Å². The standard InChI is InChI=1S/C18H19N3O/c1-13-4-6-14(7-5-13)11-17-20-16-3-2-9-19-18(16)21(17)15-8-10-22-12-15/h2-7,9,15H,8,10-12H2,1H3. The lowest BCUT2D eigenvalue weighted by molar-refractivity contribution is 0.186. The molecule has 1 aliphatic rings. The van der Waals surface area contributed by atoms with Crippen molar-refractivity contribution in [2.24, 2.45) is 0 Å². The molecule has 4 rings (SSSR count). The van der Waals surface area contributed by atoms with E-state index in [0.717, 1.165) is 43.0 Å². The molecule has 0 amide bonds. The Kier molecular flexibility index (Phi) is 3.39. The van der Waals surface area contributed by atoms with Crippen molar-refractivity contribution in [2.45, 2.75) is 25.8 Å². The molecule has 0 bridgehead atoms. The molecule has 1 unspecified atom stereocenters. The van der Waals surface area contributed by atoms with Crippen LogP contribution in [0.1, 0.15) is 29.4 Å². The van der Waals surface area contributed by atoms with Crippen LogP contribution < -0.4 is 0 Å². The molecule has 1 atom stereocenters. The van der Waals surface area contributed by atoms with Gasteiger partial charge in [-0.3, -0.25) is 0 Å². The van der Waals surface area contributed by atoms with Crippen molar-refractivity contribution in [3.63, 3.8) is 0 Å². The van der Waals surface area contributed by atoms with Crippen molar-refractivity contribution in [3.05, 3.63) is 59.5 Å². The van der Waals surface area contributed by atoms with Gasteiger partial charge in [-0.05, 0) is 31.0 Å². The van der Waals surface area contributed by atoms with Crippen LogP contribution in [0.4, 0.5) is 0 Å². The molecule has 0 saturated carbocycles. The predicted octanol–water partition coefficient (Wildman–Crippen LogP) is 3.29. The van der Waals surface area contributed by atoms with Crippen molar-refractivity contribution in [1.82, 2.24) is 14.5 Å². The summed E-state index contributed by atoms with van der Waals surface area (Å²) in [5, 5.41) is 0. The van der Waals surface area contributed by atoms with Gasteiger partial charge >= 0.3 is 0 Å². The summed E-state index contributed by atoms with van der Waals surface area (Å²) in [6, 6.07) is 13.0. The summed E-state index contributed by atoms with van der Waals surface area (Å²) in [6.07, 6.45) is 3.70. The molecule has 22 heavy (non-hydrogen) atoms. The van der Waals surface area contributed by atoms with Crippen molar-refractivity contribution in [2.75, 3.05) is 13.2 Å². The SMILES string of the molecule is Cc1ccc(Cc2nc3cccnc3n2C2CCOC2)cc1. The van der Waals surface area contributed by atoms with Gasteiger partial charge in [-0.15, -0.1) is 0 Å². The van der Waals surface area contributed by atoms with Crippen LogP contribution >= 0.6 is 0 Å². The molecule has 1 fully saturated rings. The Morgan fingerprint density at radius 2 is 2.09 bits per heavy atom. The minimum Gasteiger partial charge on any atom is -0.379 e. The van der Waals surface area contributed by atoms with E-state index in [-0.39, 0.29) is 0 Å². The lowest BCUT2D eigenvalue weighted by atomic mass is 10.1. The molecular formula is C18H19N3O. The van der Waals surface area contributed by atoms with Gasteiger partial charge in [0.2, 0.25) is 0 Å². The van der Waals surface area contributed by atoms with Crippen LogP contribution in [0, 0.1) is 6.92 Å². The summed E-state index contributed by atoms with van der Waals surface area (Å²) in [7, 11) is 0. The average molecular weight is 293 g/mol. The van der Waals surface area contributed by atoms with Crippen LogP contribution in [-0.4, -0.2) is 27.7 Å². The Bertz CT molecular complexity index is 786. The van der Waals surface area contributed by atoms with Gasteiger partial charge in [-0.25, -0.2) is 9.97 Å². The first-order valence-corrected chi connectivity index (χ1v) is 7.76. The summed E-state index contributed by atoms with van der Waals surface area (Å²) in [5.74, 6) is 1.08. The summed E-state index contributed by atoms with van der Waals surface area (Å²) >= 11 is 0. The van der Waals surface area contributed by atoms with Crippen LogP contribution in [0.25, 0.3) is 11.2 Å². The molecule has 2 aromatic heterocycles. The molecule has 3 heterocycles. The van der Waals surface area contributed by atoms with E-state index in [1.807, 2.05) is 18.3 Å². The molecule has 1 aromatic carbocycles. The normalized spacial score (nSPS) is 18.1. The van der Waals surface area contributed by atoms with Gasteiger partial charge in [0.15, 0.2) is 5.65 Å². The lowest BCUT2D eigenvalue weighted by Crippen LogP contribution is -2.13. The first-order valence-electron chi connectivity index (χ1n) is 7.76. The van der Waals surface area contributed by atoms with E-state index in [4.69, 9.17) is 9.72 Å². The highest BCUT2D eigenvalue weighted by Crippen LogP contribution is 2.26. The first kappa shape index (κ1) is 13.5. The third-order valence-electron chi connectivity index (χ3n) is 4.28. The van der Waals surface area contributed by atoms with E-state index in [9.17, 15) is 0 Å². The number of rotatable bonds is 3. The molecule has 4 heteroatoms. The third-order valence-corrected chi connectivity index (χ3v) is 4.28. The zero-order valence-electron chi connectivity index (χ0n) is 12.7. The summed E-state index contributed by atoms with van der Waals surface area (Å²) in [4.78, 5) is 9.37. The quantitative estimate of drug-likeness (QED) is 0.744. The number of imidazole rings is 1. The van der Waals surface area contributed by atoms with Gasteiger partial charge in [-0.2, -0.15) is 0 Å². The second kappa shape index (κ2) is 5.54. The molecule has 4 nitrogen and oxygen atoms in total. The van der Waals surface area contributed by atoms with Gasteiger partial charge in [-0.1, -0.05) is 29.8 Å². The second-order valence-corrected chi connectivity index (χ2v) is 5.92. The molecule has 0 aliphatic carbocycles. The van der Waals surface area contributed by atoms with Gasteiger partial charge in [0.25, 0.3) is 0 Å². The highest BCUT2D eigenvalue weighted by molar-refractivity contribution is 5.71. The highest BCUT2D eigenvalue weighted by Gasteiger charge is 2.23. The summed E-state index contributed by atoms with van der Waals surface area (Å²) in [5.41, 5.74) is 4.50. The molecule has 3 aromatic rings. The first-order chi connectivity index (χ1) is 10.8. The monoisotopic (exact) mass is 293 g/mol. The number of benzene rings is 1. The van der Waals surface area contributed by atoms with Gasteiger partial charge in [0, 0.05) is 19.2 Å². The number of aromatic nitrogens is 3. The lowest BCUT2D eigenvalue weighted by Gasteiger charge is -2.14. The smallest absolute Gasteiger partial charge is 0.160 e. The van der Waals surface area contributed by atoms with Crippen molar-refractivity contribution >= 4 is 11.2 Å². The Hall–Kier alpha value is -2.20. The fraction of sp³-hybridized carbons (Fsp3) is 0.333. The molecule has 112 valence electrons. The summed E-state index contributed by atoms with van der Waals surface area (Å²) < 4.78 is 7.85. The fourth-order valence-electron chi connectivity index (χ4n) is 3.10. The zero-order chi connectivity index (χ0) is 14.9. The number of ether oxygens (including phenoxy) is 1. The number of fused-ring (bicyclic) bond motifs is 1. The van der Waals surface area contributed by atoms with E-state index in [1.165, 1.54) is 11.1 Å². The van der Waals surface area contributed by atoms with Crippen LogP contribution in [-0.2, 0) is 11.2 Å². The maximum atomic E-state index is 5.57. The minimum atomic E-state index is 0.348. The third kappa shape index (κ3) is 2.40. The van der Waals surface area contributed by atoms with Crippen LogP contribution in [0.3, 0.4) is 0 Å². The van der Waals surface area contributed by atoms with E-state index in [0.29, 0.717) is 6.04 Å². The average Bonchev–Trinajstić information content (AvgIpc) is 3.16. The van der Waals surface area contributed by atoms with Crippen molar-refractivity contribution in [3.8, 4) is 0 Å². The Morgan fingerprint density at radius 1 is 1.23 bits per heavy atom. The minimum absolute atomic E-state index is 0.348. The summed E-state index contributed by atoms with van der Waals surface area (Å²) in [6.45, 7) is 3.68. The second-order valence-electron chi connectivity index (χ2n) is 5.92. The molecule has 0 N–H and O–H groups in total. The number of nitrogens with zero attached hydrogens (tertiary/aromatic N) is 3. The highest BCUT2D eigenvalue weighted by atomic mass is 16.5.